The second-order valence-corrected chi connectivity index (χ2v) is 10.6. The highest BCUT2D eigenvalue weighted by molar-refractivity contribution is 5.85. The number of aryl methyl sites for hydroxylation is 1. The molecule has 0 spiro atoms. The first-order chi connectivity index (χ1) is 14.5. The molecule has 1 aliphatic heterocycles. The van der Waals surface area contributed by atoms with E-state index in [1.54, 1.807) is 0 Å². The van der Waals surface area contributed by atoms with Crippen molar-refractivity contribution in [2.75, 3.05) is 19.6 Å². The summed E-state index contributed by atoms with van der Waals surface area (Å²) in [6.07, 6.45) is 0.677. The smallest absolute Gasteiger partial charge is 0.410 e. The maximum absolute atomic E-state index is 12.5. The van der Waals surface area contributed by atoms with Gasteiger partial charge in [0.05, 0.1) is 5.69 Å². The molecule has 2 heterocycles. The summed E-state index contributed by atoms with van der Waals surface area (Å²) >= 11 is 0. The average Bonchev–Trinajstić information content (AvgIpc) is 3.17. The van der Waals surface area contributed by atoms with Gasteiger partial charge in [-0.2, -0.15) is 5.10 Å². The van der Waals surface area contributed by atoms with E-state index in [0.29, 0.717) is 19.7 Å². The van der Waals surface area contributed by atoms with Gasteiger partial charge in [-0.3, -0.25) is 4.68 Å². The van der Waals surface area contributed by atoms with Crippen molar-refractivity contribution in [1.82, 2.24) is 20.0 Å². The van der Waals surface area contributed by atoms with Gasteiger partial charge >= 0.3 is 6.09 Å². The first-order valence-corrected chi connectivity index (χ1v) is 11.3. The number of ether oxygens (including phenoxy) is 1. The third-order valence-electron chi connectivity index (χ3n) is 5.73. The number of nitrogens with one attached hydrogen (secondary N) is 1. The van der Waals surface area contributed by atoms with E-state index in [9.17, 15) is 4.79 Å². The number of hydrogen-bond acceptors (Lipinski definition) is 4. The Kier molecular flexibility index (Phi) is 8.77. The Morgan fingerprint density at radius 3 is 2.44 bits per heavy atom. The van der Waals surface area contributed by atoms with Gasteiger partial charge < -0.3 is 15.0 Å². The molecule has 2 aromatic rings. The molecule has 0 aliphatic carbocycles. The zero-order chi connectivity index (χ0) is 22.6. The van der Waals surface area contributed by atoms with Crippen molar-refractivity contribution in [2.24, 2.45) is 0 Å². The maximum Gasteiger partial charge on any atom is 0.410 e. The van der Waals surface area contributed by atoms with Crippen molar-refractivity contribution in [3.8, 4) is 0 Å². The topological polar surface area (TPSA) is 59.4 Å². The third kappa shape index (κ3) is 6.97. The normalized spacial score (nSPS) is 17.1. The van der Waals surface area contributed by atoms with E-state index in [1.807, 2.05) is 35.2 Å². The van der Waals surface area contributed by atoms with Gasteiger partial charge in [0, 0.05) is 48.7 Å². The van der Waals surface area contributed by atoms with Crippen LogP contribution in [0.3, 0.4) is 0 Å². The van der Waals surface area contributed by atoms with E-state index in [4.69, 9.17) is 9.84 Å². The van der Waals surface area contributed by atoms with Gasteiger partial charge in [-0.1, -0.05) is 71.9 Å². The Morgan fingerprint density at radius 2 is 1.81 bits per heavy atom. The zero-order valence-electron chi connectivity index (χ0n) is 20.4. The zero-order valence-corrected chi connectivity index (χ0v) is 21.2. The number of carbonyl (C=O) groups excluding carboxylic acids is 1. The maximum atomic E-state index is 12.5. The first-order valence-electron chi connectivity index (χ1n) is 11.3. The number of amides is 1. The Hall–Kier alpha value is -2.05. The van der Waals surface area contributed by atoms with Crippen LogP contribution in [0.4, 0.5) is 4.79 Å². The number of piperazine rings is 1. The SMILES string of the molecule is CC(C)(C)c1cc(C(C)(C)C)n(CC[C@@H]2CN(C(=O)OCc3ccccc3)CCN2)n1.Cl. The summed E-state index contributed by atoms with van der Waals surface area (Å²) in [5, 5.41) is 8.49. The fourth-order valence-electron chi connectivity index (χ4n) is 3.83. The molecule has 0 saturated carbocycles. The number of carbonyl (C=O) groups is 1. The van der Waals surface area contributed by atoms with Crippen molar-refractivity contribution >= 4 is 18.5 Å². The van der Waals surface area contributed by atoms with Crippen LogP contribution in [-0.4, -0.2) is 46.4 Å². The van der Waals surface area contributed by atoms with Crippen molar-refractivity contribution in [2.45, 2.75) is 78.0 Å². The molecule has 0 radical (unpaired) electrons. The van der Waals surface area contributed by atoms with Gasteiger partial charge in [-0.05, 0) is 18.1 Å². The molecule has 178 valence electrons. The monoisotopic (exact) mass is 462 g/mol. The van der Waals surface area contributed by atoms with Crippen LogP contribution in [0.25, 0.3) is 0 Å². The minimum Gasteiger partial charge on any atom is -0.445 e. The van der Waals surface area contributed by atoms with Gasteiger partial charge in [-0.15, -0.1) is 12.4 Å². The number of benzene rings is 1. The van der Waals surface area contributed by atoms with Crippen LogP contribution in [0.5, 0.6) is 0 Å². The predicted octanol–water partition coefficient (Wildman–Crippen LogP) is 4.90. The summed E-state index contributed by atoms with van der Waals surface area (Å²) in [6, 6.07) is 12.3. The van der Waals surface area contributed by atoms with Crippen LogP contribution in [0.15, 0.2) is 36.4 Å². The Balaban J connectivity index is 0.00000363. The summed E-state index contributed by atoms with van der Waals surface area (Å²) in [5.41, 5.74) is 3.44. The van der Waals surface area contributed by atoms with E-state index in [2.05, 4.69) is 57.6 Å². The fourth-order valence-corrected chi connectivity index (χ4v) is 3.83. The largest absolute Gasteiger partial charge is 0.445 e. The number of rotatable bonds is 5. The fraction of sp³-hybridized carbons (Fsp3) is 0.600. The highest BCUT2D eigenvalue weighted by Gasteiger charge is 2.28. The molecule has 3 rings (SSSR count). The van der Waals surface area contributed by atoms with E-state index in [1.165, 1.54) is 5.69 Å². The van der Waals surface area contributed by atoms with Crippen LogP contribution in [0.1, 0.15) is 64.9 Å². The second-order valence-electron chi connectivity index (χ2n) is 10.6. The first kappa shape index (κ1) is 26.2. The number of aromatic nitrogens is 2. The minimum atomic E-state index is -0.236. The summed E-state index contributed by atoms with van der Waals surface area (Å²) in [4.78, 5) is 14.4. The molecule has 0 bridgehead atoms. The minimum absolute atomic E-state index is 0. The molecular formula is C25H39ClN4O2. The average molecular weight is 463 g/mol. The van der Waals surface area contributed by atoms with Crippen molar-refractivity contribution in [3.63, 3.8) is 0 Å². The predicted molar refractivity (Wildman–Crippen MR) is 131 cm³/mol. The highest BCUT2D eigenvalue weighted by atomic mass is 35.5. The lowest BCUT2D eigenvalue weighted by Gasteiger charge is -2.33. The summed E-state index contributed by atoms with van der Waals surface area (Å²) in [7, 11) is 0. The quantitative estimate of drug-likeness (QED) is 0.686. The van der Waals surface area contributed by atoms with Crippen molar-refractivity contribution in [1.29, 1.82) is 0 Å². The molecule has 1 aromatic carbocycles. The molecular weight excluding hydrogens is 424 g/mol. The number of halogens is 1. The van der Waals surface area contributed by atoms with E-state index in [0.717, 1.165) is 30.8 Å². The number of hydrogen-bond donors (Lipinski definition) is 1. The van der Waals surface area contributed by atoms with E-state index < -0.39 is 0 Å². The molecule has 1 N–H and O–H groups in total. The van der Waals surface area contributed by atoms with Crippen LogP contribution >= 0.6 is 12.4 Å². The van der Waals surface area contributed by atoms with Gasteiger partial charge in [0.25, 0.3) is 0 Å². The molecule has 6 nitrogen and oxygen atoms in total. The Morgan fingerprint density at radius 1 is 1.12 bits per heavy atom. The number of nitrogens with zero attached hydrogens (tertiary/aromatic N) is 3. The molecule has 1 atom stereocenters. The standard InChI is InChI=1S/C25H38N4O2.ClH/c1-24(2,3)21-16-22(25(4,5)6)29(27-21)14-12-20-17-28(15-13-26-20)23(30)31-18-19-10-8-7-9-11-19;/h7-11,16,20,26H,12-15,17-18H2,1-6H3;1H/t20-;/m1./s1. The lowest BCUT2D eigenvalue weighted by molar-refractivity contribution is 0.0837. The highest BCUT2D eigenvalue weighted by Crippen LogP contribution is 2.28. The molecule has 1 fully saturated rings. The Labute approximate surface area is 199 Å². The lowest BCUT2D eigenvalue weighted by atomic mass is 9.88. The van der Waals surface area contributed by atoms with Crippen LogP contribution in [0, 0.1) is 0 Å². The van der Waals surface area contributed by atoms with Gasteiger partial charge in [0.2, 0.25) is 0 Å². The second kappa shape index (κ2) is 10.7. The van der Waals surface area contributed by atoms with E-state index in [-0.39, 0.29) is 35.4 Å². The molecule has 32 heavy (non-hydrogen) atoms. The molecule has 1 amide bonds. The molecule has 1 aliphatic rings. The van der Waals surface area contributed by atoms with Crippen molar-refractivity contribution < 1.29 is 9.53 Å². The van der Waals surface area contributed by atoms with Crippen molar-refractivity contribution in [3.05, 3.63) is 53.3 Å². The van der Waals surface area contributed by atoms with Crippen LogP contribution < -0.4 is 5.32 Å². The van der Waals surface area contributed by atoms with Crippen LogP contribution in [0.2, 0.25) is 0 Å². The molecule has 1 aromatic heterocycles. The summed E-state index contributed by atoms with van der Waals surface area (Å²) in [6.45, 7) is 16.6. The van der Waals surface area contributed by atoms with Gasteiger partial charge in [0.15, 0.2) is 0 Å². The molecule has 0 unspecified atom stereocenters. The molecule has 1 saturated heterocycles. The third-order valence-corrected chi connectivity index (χ3v) is 5.73. The van der Waals surface area contributed by atoms with Gasteiger partial charge in [0.1, 0.15) is 6.61 Å². The van der Waals surface area contributed by atoms with E-state index >= 15 is 0 Å². The molecule has 7 heteroatoms. The lowest BCUT2D eigenvalue weighted by Crippen LogP contribution is -2.53. The van der Waals surface area contributed by atoms with Crippen LogP contribution in [-0.2, 0) is 28.7 Å². The summed E-state index contributed by atoms with van der Waals surface area (Å²) in [5.74, 6) is 0. The van der Waals surface area contributed by atoms with Gasteiger partial charge in [-0.25, -0.2) is 4.79 Å². The summed E-state index contributed by atoms with van der Waals surface area (Å²) < 4.78 is 7.69. The Bertz CT molecular complexity index is 868.